The van der Waals surface area contributed by atoms with Crippen LogP contribution in [-0.4, -0.2) is 40.2 Å². The molecule has 0 fully saturated rings. The first-order chi connectivity index (χ1) is 12.4. The van der Waals surface area contributed by atoms with Gasteiger partial charge in [0.15, 0.2) is 0 Å². The van der Waals surface area contributed by atoms with Gasteiger partial charge in [-0.1, -0.05) is 26.0 Å². The fourth-order valence-corrected chi connectivity index (χ4v) is 2.73. The molecule has 1 aromatic carbocycles. The van der Waals surface area contributed by atoms with Crippen LogP contribution in [0.4, 0.5) is 4.79 Å². The van der Waals surface area contributed by atoms with Crippen LogP contribution in [0.5, 0.6) is 5.75 Å². The zero-order valence-corrected chi connectivity index (χ0v) is 16.4. The van der Waals surface area contributed by atoms with Gasteiger partial charge in [-0.25, -0.2) is 9.78 Å². The highest BCUT2D eigenvalue weighted by Gasteiger charge is 2.18. The quantitative estimate of drug-likeness (QED) is 0.785. The average Bonchev–Trinajstić information content (AvgIpc) is 3.01. The molecule has 0 atom stereocenters. The minimum absolute atomic E-state index is 0.0484. The molecule has 1 N–H and O–H groups in total. The number of nitrogens with one attached hydrogen (secondary N) is 1. The number of ether oxygens (including phenoxy) is 1. The molecule has 0 saturated heterocycles. The van der Waals surface area contributed by atoms with Crippen LogP contribution < -0.4 is 10.1 Å². The van der Waals surface area contributed by atoms with E-state index in [1.165, 1.54) is 0 Å². The van der Waals surface area contributed by atoms with E-state index in [1.807, 2.05) is 49.2 Å². The Morgan fingerprint density at radius 1 is 1.23 bits per heavy atom. The Morgan fingerprint density at radius 3 is 2.50 bits per heavy atom. The van der Waals surface area contributed by atoms with Gasteiger partial charge in [-0.15, -0.1) is 0 Å². The minimum atomic E-state index is -0.0484. The number of hydrogen-bond acceptors (Lipinski definition) is 3. The van der Waals surface area contributed by atoms with Crippen LogP contribution in [0.25, 0.3) is 0 Å². The molecule has 142 valence electrons. The van der Waals surface area contributed by atoms with E-state index in [9.17, 15) is 4.79 Å². The molecule has 2 rings (SSSR count). The number of rotatable bonds is 8. The van der Waals surface area contributed by atoms with Crippen molar-refractivity contribution in [3.63, 3.8) is 0 Å². The molecule has 0 aliphatic heterocycles. The highest BCUT2D eigenvalue weighted by molar-refractivity contribution is 5.74. The lowest BCUT2D eigenvalue weighted by molar-refractivity contribution is 0.183. The summed E-state index contributed by atoms with van der Waals surface area (Å²) in [6, 6.07) is 8.05. The first-order valence-corrected chi connectivity index (χ1v) is 9.07. The first-order valence-electron chi connectivity index (χ1n) is 9.07. The van der Waals surface area contributed by atoms with Crippen molar-refractivity contribution in [2.75, 3.05) is 13.7 Å². The zero-order chi connectivity index (χ0) is 19.1. The molecule has 0 aliphatic rings. The molecule has 1 heterocycles. The predicted molar refractivity (Wildman–Crippen MR) is 103 cm³/mol. The van der Waals surface area contributed by atoms with Crippen molar-refractivity contribution in [1.82, 2.24) is 19.8 Å². The lowest BCUT2D eigenvalue weighted by Crippen LogP contribution is -2.44. The van der Waals surface area contributed by atoms with Crippen molar-refractivity contribution < 1.29 is 9.53 Å². The van der Waals surface area contributed by atoms with Crippen LogP contribution in [0.2, 0.25) is 0 Å². The molecule has 0 aliphatic carbocycles. The van der Waals surface area contributed by atoms with Crippen LogP contribution in [-0.2, 0) is 13.1 Å². The van der Waals surface area contributed by atoms with Crippen molar-refractivity contribution in [3.05, 3.63) is 48.0 Å². The minimum Gasteiger partial charge on any atom is -0.497 e. The topological polar surface area (TPSA) is 59.4 Å². The van der Waals surface area contributed by atoms with E-state index < -0.39 is 0 Å². The fraction of sp³-hybridized carbons (Fsp3) is 0.500. The maximum absolute atomic E-state index is 12.5. The number of carbonyl (C=O) groups excluding carboxylic acids is 1. The molecule has 6 nitrogen and oxygen atoms in total. The summed E-state index contributed by atoms with van der Waals surface area (Å²) in [6.45, 7) is 10.0. The Kier molecular flexibility index (Phi) is 7.06. The SMILES string of the molecule is COc1ccc(Cn2ccnc2CN(CC(C)C)C(=O)NC(C)C)cc1. The molecule has 2 amide bonds. The summed E-state index contributed by atoms with van der Waals surface area (Å²) < 4.78 is 7.29. The van der Waals surface area contributed by atoms with Crippen molar-refractivity contribution in [2.45, 2.75) is 46.8 Å². The van der Waals surface area contributed by atoms with Gasteiger partial charge < -0.3 is 19.5 Å². The summed E-state index contributed by atoms with van der Waals surface area (Å²) in [5.41, 5.74) is 1.16. The second-order valence-electron chi connectivity index (χ2n) is 7.20. The van der Waals surface area contributed by atoms with Gasteiger partial charge in [0.1, 0.15) is 11.6 Å². The molecule has 0 saturated carbocycles. The van der Waals surface area contributed by atoms with Crippen molar-refractivity contribution in [1.29, 1.82) is 0 Å². The summed E-state index contributed by atoms with van der Waals surface area (Å²) in [6.07, 6.45) is 3.74. The second kappa shape index (κ2) is 9.27. The van der Waals surface area contributed by atoms with Crippen LogP contribution in [0.1, 0.15) is 39.1 Å². The second-order valence-corrected chi connectivity index (χ2v) is 7.20. The Balaban J connectivity index is 2.11. The van der Waals surface area contributed by atoms with Gasteiger partial charge in [-0.05, 0) is 37.5 Å². The Labute approximate surface area is 156 Å². The van der Waals surface area contributed by atoms with Gasteiger partial charge in [-0.3, -0.25) is 0 Å². The lowest BCUT2D eigenvalue weighted by atomic mass is 10.2. The molecule has 0 bridgehead atoms. The number of carbonyl (C=O) groups is 1. The first kappa shape index (κ1) is 19.8. The molecular formula is C20H30N4O2. The Bertz CT molecular complexity index is 692. The lowest BCUT2D eigenvalue weighted by Gasteiger charge is -2.26. The monoisotopic (exact) mass is 358 g/mol. The summed E-state index contributed by atoms with van der Waals surface area (Å²) in [4.78, 5) is 18.8. The predicted octanol–water partition coefficient (Wildman–Crippen LogP) is 3.52. The average molecular weight is 358 g/mol. The summed E-state index contributed by atoms with van der Waals surface area (Å²) >= 11 is 0. The molecular weight excluding hydrogens is 328 g/mol. The summed E-state index contributed by atoms with van der Waals surface area (Å²) in [7, 11) is 1.66. The molecule has 1 aromatic heterocycles. The van der Waals surface area contributed by atoms with Crippen molar-refractivity contribution in [3.8, 4) is 5.75 Å². The van der Waals surface area contributed by atoms with E-state index in [0.717, 1.165) is 17.1 Å². The third-order valence-corrected chi connectivity index (χ3v) is 3.93. The number of hydrogen-bond donors (Lipinski definition) is 1. The third-order valence-electron chi connectivity index (χ3n) is 3.93. The van der Waals surface area contributed by atoms with E-state index >= 15 is 0 Å². The van der Waals surface area contributed by atoms with E-state index in [2.05, 4.69) is 28.7 Å². The molecule has 0 unspecified atom stereocenters. The molecule has 26 heavy (non-hydrogen) atoms. The maximum Gasteiger partial charge on any atom is 0.318 e. The number of amides is 2. The van der Waals surface area contributed by atoms with E-state index in [1.54, 1.807) is 13.3 Å². The number of methoxy groups -OCH3 is 1. The molecule has 0 radical (unpaired) electrons. The van der Waals surface area contributed by atoms with Gasteiger partial charge >= 0.3 is 6.03 Å². The Hall–Kier alpha value is -2.50. The molecule has 2 aromatic rings. The van der Waals surface area contributed by atoms with Crippen LogP contribution >= 0.6 is 0 Å². The summed E-state index contributed by atoms with van der Waals surface area (Å²) in [5, 5.41) is 2.98. The standard InChI is InChI=1S/C20H30N4O2/c1-15(2)12-24(20(25)22-16(3)4)14-19-21-10-11-23(19)13-17-6-8-18(26-5)9-7-17/h6-11,15-16H,12-14H2,1-5H3,(H,22,25). The largest absolute Gasteiger partial charge is 0.497 e. The maximum atomic E-state index is 12.5. The van der Waals surface area contributed by atoms with Gasteiger partial charge in [0.05, 0.1) is 13.7 Å². The number of urea groups is 1. The normalized spacial score (nSPS) is 11.0. The van der Waals surface area contributed by atoms with Gasteiger partial charge in [0.2, 0.25) is 0 Å². The number of benzene rings is 1. The van der Waals surface area contributed by atoms with Crippen LogP contribution in [0, 0.1) is 5.92 Å². The van der Waals surface area contributed by atoms with E-state index in [-0.39, 0.29) is 12.1 Å². The zero-order valence-electron chi connectivity index (χ0n) is 16.4. The van der Waals surface area contributed by atoms with Crippen LogP contribution in [0.3, 0.4) is 0 Å². The third kappa shape index (κ3) is 5.79. The molecule has 0 spiro atoms. The van der Waals surface area contributed by atoms with E-state index in [4.69, 9.17) is 4.74 Å². The summed E-state index contributed by atoms with van der Waals surface area (Å²) in [5.74, 6) is 2.10. The van der Waals surface area contributed by atoms with Gasteiger partial charge in [0.25, 0.3) is 0 Å². The van der Waals surface area contributed by atoms with Gasteiger partial charge in [0, 0.05) is 31.5 Å². The van der Waals surface area contributed by atoms with Crippen LogP contribution in [0.15, 0.2) is 36.7 Å². The number of aromatic nitrogens is 2. The number of nitrogens with zero attached hydrogens (tertiary/aromatic N) is 3. The van der Waals surface area contributed by atoms with Crippen molar-refractivity contribution in [2.24, 2.45) is 5.92 Å². The fourth-order valence-electron chi connectivity index (χ4n) is 2.73. The van der Waals surface area contributed by atoms with Gasteiger partial charge in [-0.2, -0.15) is 0 Å². The molecule has 6 heteroatoms. The highest BCUT2D eigenvalue weighted by Crippen LogP contribution is 2.14. The van der Waals surface area contributed by atoms with E-state index in [0.29, 0.717) is 25.6 Å². The Morgan fingerprint density at radius 2 is 1.92 bits per heavy atom. The van der Waals surface area contributed by atoms with Crippen molar-refractivity contribution >= 4 is 6.03 Å². The highest BCUT2D eigenvalue weighted by atomic mass is 16.5. The smallest absolute Gasteiger partial charge is 0.318 e. The number of imidazole rings is 1.